The highest BCUT2D eigenvalue weighted by Gasteiger charge is 2.30. The van der Waals surface area contributed by atoms with Crippen molar-refractivity contribution in [1.29, 1.82) is 0 Å². The summed E-state index contributed by atoms with van der Waals surface area (Å²) in [4.78, 5) is 24.0. The number of carbonyl (C=O) groups is 1. The minimum Gasteiger partial charge on any atom is -0.389 e. The number of rotatable bonds is 3. The molecule has 1 amide bonds. The maximum atomic E-state index is 12.3. The zero-order valence-corrected chi connectivity index (χ0v) is 14.3. The number of carbonyl (C=O) groups excluding carboxylic acids is 1. The van der Waals surface area contributed by atoms with Gasteiger partial charge in [-0.1, -0.05) is 18.2 Å². The van der Waals surface area contributed by atoms with E-state index in [1.54, 1.807) is 29.8 Å². The first-order valence-corrected chi connectivity index (χ1v) is 9.07. The lowest BCUT2D eigenvalue weighted by atomic mass is 10.0. The van der Waals surface area contributed by atoms with Crippen molar-refractivity contribution in [3.8, 4) is 0 Å². The Morgan fingerprint density at radius 1 is 1.24 bits per heavy atom. The van der Waals surface area contributed by atoms with Crippen LogP contribution in [0.15, 0.2) is 48.1 Å². The van der Waals surface area contributed by atoms with Crippen molar-refractivity contribution in [2.24, 2.45) is 0 Å². The minimum absolute atomic E-state index is 0.152. The number of thiophene rings is 1. The number of fused-ring (bicyclic) bond motifs is 1. The molecule has 0 unspecified atom stereocenters. The molecule has 1 aliphatic rings. The first-order chi connectivity index (χ1) is 12.2. The second-order valence-electron chi connectivity index (χ2n) is 6.08. The number of benzene rings is 1. The smallest absolute Gasteiger partial charge is 0.251 e. The van der Waals surface area contributed by atoms with E-state index in [1.807, 2.05) is 29.6 Å². The molecule has 0 spiro atoms. The second kappa shape index (κ2) is 6.78. The minimum atomic E-state index is -0.648. The molecule has 7 heteroatoms. The third kappa shape index (κ3) is 3.20. The molecule has 1 aromatic carbocycles. The molecule has 2 atom stereocenters. The van der Waals surface area contributed by atoms with Crippen LogP contribution in [0.3, 0.4) is 0 Å². The number of β-amino-alcohol motifs (C(OH)–C–C–N with tert-alkyl or cyclic N) is 1. The molecule has 1 aliphatic heterocycles. The molecule has 4 rings (SSSR count). The highest BCUT2D eigenvalue weighted by molar-refractivity contribution is 7.16. The highest BCUT2D eigenvalue weighted by atomic mass is 32.1. The molecule has 2 N–H and O–H groups in total. The van der Waals surface area contributed by atoms with Gasteiger partial charge in [-0.05, 0) is 30.0 Å². The van der Waals surface area contributed by atoms with E-state index in [4.69, 9.17) is 0 Å². The Bertz CT molecular complexity index is 883. The van der Waals surface area contributed by atoms with Crippen LogP contribution in [-0.4, -0.2) is 46.2 Å². The first-order valence-electron chi connectivity index (χ1n) is 8.19. The largest absolute Gasteiger partial charge is 0.389 e. The molecule has 128 valence electrons. The summed E-state index contributed by atoms with van der Waals surface area (Å²) in [5.74, 6) is 0.693. The number of aromatic nitrogens is 2. The number of hydrogen-bond acceptors (Lipinski definition) is 6. The standard InChI is InChI=1S/C18H18N4O2S/c23-15-10-22(16-13-7-9-25-18(13)20-11-19-16)8-6-14(15)21-17(24)12-4-2-1-3-5-12/h1-5,7,9,11,14-15,23H,6,8,10H2,(H,21,24)/t14-,15-/m1/s1. The lowest BCUT2D eigenvalue weighted by Crippen LogP contribution is -2.54. The van der Waals surface area contributed by atoms with Gasteiger partial charge in [-0.15, -0.1) is 11.3 Å². The number of hydrogen-bond donors (Lipinski definition) is 2. The summed E-state index contributed by atoms with van der Waals surface area (Å²) in [5, 5.41) is 16.5. The van der Waals surface area contributed by atoms with Gasteiger partial charge in [-0.25, -0.2) is 9.97 Å². The third-order valence-electron chi connectivity index (χ3n) is 4.47. The summed E-state index contributed by atoms with van der Waals surface area (Å²) >= 11 is 1.58. The van der Waals surface area contributed by atoms with Gasteiger partial charge in [-0.3, -0.25) is 4.79 Å². The van der Waals surface area contributed by atoms with Gasteiger partial charge in [0.05, 0.1) is 17.5 Å². The van der Waals surface area contributed by atoms with E-state index in [9.17, 15) is 9.90 Å². The van der Waals surface area contributed by atoms with E-state index in [2.05, 4.69) is 20.2 Å². The fourth-order valence-electron chi connectivity index (χ4n) is 3.16. The first kappa shape index (κ1) is 16.0. The Hall–Kier alpha value is -2.51. The summed E-state index contributed by atoms with van der Waals surface area (Å²) in [6.07, 6.45) is 1.57. The van der Waals surface area contributed by atoms with Crippen LogP contribution in [0.25, 0.3) is 10.2 Å². The SMILES string of the molecule is O=C(N[C@@H]1CCN(c2ncnc3sccc23)C[C@H]1O)c1ccccc1. The van der Waals surface area contributed by atoms with Gasteiger partial charge in [0.25, 0.3) is 5.91 Å². The second-order valence-corrected chi connectivity index (χ2v) is 6.98. The maximum absolute atomic E-state index is 12.3. The average Bonchev–Trinajstić information content (AvgIpc) is 3.13. The van der Waals surface area contributed by atoms with E-state index in [0.717, 1.165) is 22.6 Å². The monoisotopic (exact) mass is 354 g/mol. The van der Waals surface area contributed by atoms with Crippen LogP contribution in [-0.2, 0) is 0 Å². The van der Waals surface area contributed by atoms with Crippen molar-refractivity contribution in [2.45, 2.75) is 18.6 Å². The van der Waals surface area contributed by atoms with Gasteiger partial charge in [0.15, 0.2) is 0 Å². The molecular formula is C18H18N4O2S. The van der Waals surface area contributed by atoms with Crippen LogP contribution >= 0.6 is 11.3 Å². The summed E-state index contributed by atoms with van der Waals surface area (Å²) in [6.45, 7) is 1.15. The average molecular weight is 354 g/mol. The molecule has 25 heavy (non-hydrogen) atoms. The number of piperidine rings is 1. The maximum Gasteiger partial charge on any atom is 0.251 e. The van der Waals surface area contributed by atoms with Crippen molar-refractivity contribution in [3.05, 3.63) is 53.7 Å². The molecule has 2 aromatic heterocycles. The Morgan fingerprint density at radius 3 is 2.88 bits per heavy atom. The molecule has 0 bridgehead atoms. The van der Waals surface area contributed by atoms with E-state index < -0.39 is 6.10 Å². The summed E-state index contributed by atoms with van der Waals surface area (Å²) in [5.41, 5.74) is 0.605. The molecular weight excluding hydrogens is 336 g/mol. The van der Waals surface area contributed by atoms with Crippen LogP contribution in [0.5, 0.6) is 0 Å². The van der Waals surface area contributed by atoms with Crippen LogP contribution < -0.4 is 10.2 Å². The Morgan fingerprint density at radius 2 is 2.08 bits per heavy atom. The van der Waals surface area contributed by atoms with E-state index >= 15 is 0 Å². The van der Waals surface area contributed by atoms with Crippen LogP contribution in [0.2, 0.25) is 0 Å². The zero-order chi connectivity index (χ0) is 17.2. The fraction of sp³-hybridized carbons (Fsp3) is 0.278. The van der Waals surface area contributed by atoms with Gasteiger partial charge >= 0.3 is 0 Å². The molecule has 0 saturated carbocycles. The molecule has 6 nitrogen and oxygen atoms in total. The number of nitrogens with zero attached hydrogens (tertiary/aromatic N) is 3. The predicted octanol–water partition coefficient (Wildman–Crippen LogP) is 2.06. The number of amides is 1. The number of aliphatic hydroxyl groups excluding tert-OH is 1. The van der Waals surface area contributed by atoms with E-state index in [-0.39, 0.29) is 11.9 Å². The Balaban J connectivity index is 1.46. The number of anilines is 1. The van der Waals surface area contributed by atoms with Crippen LogP contribution in [0, 0.1) is 0 Å². The Kier molecular flexibility index (Phi) is 4.33. The summed E-state index contributed by atoms with van der Waals surface area (Å²) in [6, 6.07) is 10.8. The Labute approximate surface area is 149 Å². The van der Waals surface area contributed by atoms with E-state index in [0.29, 0.717) is 18.5 Å². The van der Waals surface area contributed by atoms with E-state index in [1.165, 1.54) is 0 Å². The van der Waals surface area contributed by atoms with Crippen molar-refractivity contribution >= 4 is 33.3 Å². The van der Waals surface area contributed by atoms with Crippen molar-refractivity contribution in [1.82, 2.24) is 15.3 Å². The molecule has 1 fully saturated rings. The number of nitrogens with one attached hydrogen (secondary N) is 1. The molecule has 1 saturated heterocycles. The van der Waals surface area contributed by atoms with Gasteiger partial charge in [0, 0.05) is 18.7 Å². The third-order valence-corrected chi connectivity index (χ3v) is 5.30. The fourth-order valence-corrected chi connectivity index (χ4v) is 3.89. The quantitative estimate of drug-likeness (QED) is 0.753. The van der Waals surface area contributed by atoms with Gasteiger partial charge < -0.3 is 15.3 Å². The predicted molar refractivity (Wildman–Crippen MR) is 97.9 cm³/mol. The van der Waals surface area contributed by atoms with Gasteiger partial charge in [-0.2, -0.15) is 0 Å². The molecule has 3 heterocycles. The number of aliphatic hydroxyl groups is 1. The molecule has 3 aromatic rings. The lowest BCUT2D eigenvalue weighted by Gasteiger charge is -2.37. The zero-order valence-electron chi connectivity index (χ0n) is 13.5. The van der Waals surface area contributed by atoms with Crippen molar-refractivity contribution < 1.29 is 9.90 Å². The van der Waals surface area contributed by atoms with Crippen molar-refractivity contribution in [2.75, 3.05) is 18.0 Å². The lowest BCUT2D eigenvalue weighted by molar-refractivity contribution is 0.0798. The summed E-state index contributed by atoms with van der Waals surface area (Å²) in [7, 11) is 0. The van der Waals surface area contributed by atoms with Crippen LogP contribution in [0.1, 0.15) is 16.8 Å². The highest BCUT2D eigenvalue weighted by Crippen LogP contribution is 2.28. The molecule has 0 radical (unpaired) electrons. The van der Waals surface area contributed by atoms with Gasteiger partial charge in [0.2, 0.25) is 0 Å². The summed E-state index contributed by atoms with van der Waals surface area (Å²) < 4.78 is 0. The normalized spacial score (nSPS) is 20.6. The van der Waals surface area contributed by atoms with Gasteiger partial charge in [0.1, 0.15) is 17.0 Å². The molecule has 0 aliphatic carbocycles. The van der Waals surface area contributed by atoms with Crippen molar-refractivity contribution in [3.63, 3.8) is 0 Å². The topological polar surface area (TPSA) is 78.4 Å². The van der Waals surface area contributed by atoms with Crippen LogP contribution in [0.4, 0.5) is 5.82 Å².